The van der Waals surface area contributed by atoms with Crippen molar-refractivity contribution in [3.63, 3.8) is 0 Å². The summed E-state index contributed by atoms with van der Waals surface area (Å²) in [4.78, 5) is 11.3. The molecule has 0 radical (unpaired) electrons. The zero-order valence-corrected chi connectivity index (χ0v) is 10.8. The number of carbonyl (C=O) groups is 1. The van der Waals surface area contributed by atoms with Crippen molar-refractivity contribution in [3.05, 3.63) is 5.76 Å². The Kier molecular flexibility index (Phi) is 3.03. The van der Waals surface area contributed by atoms with Gasteiger partial charge in [0, 0.05) is 13.1 Å². The first-order valence-corrected chi connectivity index (χ1v) is 6.81. The number of nitrogens with two attached hydrogens (primary N) is 1. The van der Waals surface area contributed by atoms with Crippen molar-refractivity contribution in [1.82, 2.24) is 14.8 Å². The molecular formula is C9H14N4O4S. The number of nitrogens with one attached hydrogen (secondary N) is 1. The van der Waals surface area contributed by atoms with Gasteiger partial charge in [-0.1, -0.05) is 5.16 Å². The molecule has 1 amide bonds. The average Bonchev–Trinajstić information content (AvgIpc) is 2.62. The van der Waals surface area contributed by atoms with E-state index in [9.17, 15) is 13.2 Å². The van der Waals surface area contributed by atoms with E-state index in [0.717, 1.165) is 4.31 Å². The maximum Gasteiger partial charge on any atom is 0.251 e. The van der Waals surface area contributed by atoms with Gasteiger partial charge in [-0.2, -0.15) is 4.31 Å². The molecule has 0 spiro atoms. The lowest BCUT2D eigenvalue weighted by atomic mass is 10.2. The summed E-state index contributed by atoms with van der Waals surface area (Å²) in [6.07, 6.45) is 0. The van der Waals surface area contributed by atoms with Gasteiger partial charge in [-0.05, 0) is 13.8 Å². The number of rotatable bonds is 2. The first kappa shape index (κ1) is 12.8. The fourth-order valence-corrected chi connectivity index (χ4v) is 3.68. The molecule has 2 rings (SSSR count). The van der Waals surface area contributed by atoms with E-state index >= 15 is 0 Å². The quantitative estimate of drug-likeness (QED) is 0.719. The molecule has 8 nitrogen and oxygen atoms in total. The molecule has 1 fully saturated rings. The summed E-state index contributed by atoms with van der Waals surface area (Å²) < 4.78 is 30.7. The molecular weight excluding hydrogens is 260 g/mol. The minimum absolute atomic E-state index is 0.116. The van der Waals surface area contributed by atoms with Crippen LogP contribution in [-0.2, 0) is 14.8 Å². The van der Waals surface area contributed by atoms with Crippen molar-refractivity contribution in [3.8, 4) is 0 Å². The van der Waals surface area contributed by atoms with Crippen molar-refractivity contribution in [2.45, 2.75) is 24.8 Å². The highest BCUT2D eigenvalue weighted by Crippen LogP contribution is 2.27. The summed E-state index contributed by atoms with van der Waals surface area (Å²) >= 11 is 0. The predicted octanol–water partition coefficient (Wildman–Crippen LogP) is -0.926. The van der Waals surface area contributed by atoms with E-state index in [2.05, 4.69) is 10.5 Å². The maximum atomic E-state index is 12.4. The molecule has 0 saturated carbocycles. The normalized spacial score (nSPS) is 21.9. The molecule has 0 aromatic carbocycles. The van der Waals surface area contributed by atoms with Gasteiger partial charge in [0.1, 0.15) is 6.04 Å². The highest BCUT2D eigenvalue weighted by Gasteiger charge is 2.38. The lowest BCUT2D eigenvalue weighted by Gasteiger charge is -2.31. The lowest BCUT2D eigenvalue weighted by Crippen LogP contribution is -2.55. The van der Waals surface area contributed by atoms with E-state index in [-0.39, 0.29) is 35.5 Å². The van der Waals surface area contributed by atoms with Crippen LogP contribution in [0.5, 0.6) is 0 Å². The Bertz CT molecular complexity index is 560. The first-order chi connectivity index (χ1) is 8.35. The standard InChI is InChI=1S/C9H14N4O4S/c1-5-9(14)11-3-4-13(5)18(15,16)7-6(2)17-12-8(7)10/h5H,3-4H2,1-2H3,(H2,10,12)(H,11,14). The van der Waals surface area contributed by atoms with Crippen molar-refractivity contribution in [1.29, 1.82) is 0 Å². The summed E-state index contributed by atoms with van der Waals surface area (Å²) in [6, 6.07) is -0.780. The summed E-state index contributed by atoms with van der Waals surface area (Å²) in [5, 5.41) is 6.01. The number of amides is 1. The van der Waals surface area contributed by atoms with Crippen molar-refractivity contribution in [2.75, 3.05) is 18.8 Å². The van der Waals surface area contributed by atoms with Crippen molar-refractivity contribution >= 4 is 21.7 Å². The van der Waals surface area contributed by atoms with E-state index in [4.69, 9.17) is 10.3 Å². The Labute approximate surface area is 104 Å². The van der Waals surface area contributed by atoms with Gasteiger partial charge in [0.15, 0.2) is 16.5 Å². The number of nitrogen functional groups attached to an aromatic ring is 1. The van der Waals surface area contributed by atoms with Crippen LogP contribution in [0.2, 0.25) is 0 Å². The zero-order valence-electron chi connectivity index (χ0n) is 10.0. The number of sulfonamides is 1. The van der Waals surface area contributed by atoms with Gasteiger partial charge >= 0.3 is 0 Å². The van der Waals surface area contributed by atoms with E-state index < -0.39 is 16.1 Å². The molecule has 2 heterocycles. The molecule has 100 valence electrons. The molecule has 1 aromatic rings. The van der Waals surface area contributed by atoms with Crippen LogP contribution in [0.4, 0.5) is 5.82 Å². The number of hydrogen-bond acceptors (Lipinski definition) is 6. The average molecular weight is 274 g/mol. The number of anilines is 1. The second kappa shape index (κ2) is 4.25. The van der Waals surface area contributed by atoms with E-state index in [1.165, 1.54) is 13.8 Å². The van der Waals surface area contributed by atoms with Crippen LogP contribution in [0.25, 0.3) is 0 Å². The van der Waals surface area contributed by atoms with E-state index in [1.54, 1.807) is 0 Å². The zero-order chi connectivity index (χ0) is 13.5. The van der Waals surface area contributed by atoms with Crippen LogP contribution >= 0.6 is 0 Å². The SMILES string of the molecule is Cc1onc(N)c1S(=O)(=O)N1CCNC(=O)C1C. The largest absolute Gasteiger partial charge is 0.380 e. The van der Waals surface area contributed by atoms with E-state index in [0.29, 0.717) is 0 Å². The molecule has 0 aliphatic carbocycles. The second-order valence-electron chi connectivity index (χ2n) is 4.04. The molecule has 1 atom stereocenters. The number of aryl methyl sites for hydroxylation is 1. The predicted molar refractivity (Wildman–Crippen MR) is 62.0 cm³/mol. The fraction of sp³-hybridized carbons (Fsp3) is 0.556. The Morgan fingerprint density at radius 3 is 2.78 bits per heavy atom. The molecule has 9 heteroatoms. The Hall–Kier alpha value is -1.61. The number of carbonyl (C=O) groups excluding carboxylic acids is 1. The number of nitrogens with zero attached hydrogens (tertiary/aromatic N) is 2. The van der Waals surface area contributed by atoms with Crippen LogP contribution in [0.15, 0.2) is 9.42 Å². The van der Waals surface area contributed by atoms with Gasteiger partial charge in [-0.25, -0.2) is 8.42 Å². The third-order valence-corrected chi connectivity index (χ3v) is 4.97. The molecule has 1 aliphatic rings. The molecule has 3 N–H and O–H groups in total. The van der Waals surface area contributed by atoms with Crippen LogP contribution in [-0.4, -0.2) is 42.9 Å². The van der Waals surface area contributed by atoms with Crippen LogP contribution in [0.1, 0.15) is 12.7 Å². The Balaban J connectivity index is 2.46. The minimum Gasteiger partial charge on any atom is -0.380 e. The molecule has 1 unspecified atom stereocenters. The third-order valence-electron chi connectivity index (χ3n) is 2.84. The highest BCUT2D eigenvalue weighted by molar-refractivity contribution is 7.89. The Morgan fingerprint density at radius 2 is 2.22 bits per heavy atom. The van der Waals surface area contributed by atoms with Gasteiger partial charge < -0.3 is 15.6 Å². The second-order valence-corrected chi connectivity index (χ2v) is 5.86. The summed E-state index contributed by atoms with van der Waals surface area (Å²) in [5.41, 5.74) is 5.50. The smallest absolute Gasteiger partial charge is 0.251 e. The van der Waals surface area contributed by atoms with Crippen LogP contribution in [0.3, 0.4) is 0 Å². The number of piperazine rings is 1. The van der Waals surface area contributed by atoms with Crippen molar-refractivity contribution in [2.24, 2.45) is 0 Å². The number of aromatic nitrogens is 1. The summed E-state index contributed by atoms with van der Waals surface area (Å²) in [7, 11) is -3.87. The minimum atomic E-state index is -3.87. The molecule has 1 saturated heterocycles. The van der Waals surface area contributed by atoms with E-state index in [1.807, 2.05) is 0 Å². The molecule has 1 aromatic heterocycles. The van der Waals surface area contributed by atoms with Gasteiger partial charge in [0.05, 0.1) is 0 Å². The Morgan fingerprint density at radius 1 is 1.56 bits per heavy atom. The lowest BCUT2D eigenvalue weighted by molar-refractivity contribution is -0.126. The number of hydrogen-bond donors (Lipinski definition) is 2. The molecule has 18 heavy (non-hydrogen) atoms. The highest BCUT2D eigenvalue weighted by atomic mass is 32.2. The van der Waals surface area contributed by atoms with Gasteiger partial charge in [0.2, 0.25) is 5.91 Å². The van der Waals surface area contributed by atoms with Gasteiger partial charge in [0.25, 0.3) is 10.0 Å². The van der Waals surface area contributed by atoms with Gasteiger partial charge in [-0.15, -0.1) is 0 Å². The fourth-order valence-electron chi connectivity index (χ4n) is 1.90. The summed E-state index contributed by atoms with van der Waals surface area (Å²) in [6.45, 7) is 3.45. The monoisotopic (exact) mass is 274 g/mol. The van der Waals surface area contributed by atoms with Crippen molar-refractivity contribution < 1.29 is 17.7 Å². The van der Waals surface area contributed by atoms with Gasteiger partial charge in [-0.3, -0.25) is 4.79 Å². The first-order valence-electron chi connectivity index (χ1n) is 5.37. The molecule has 1 aliphatic heterocycles. The van der Waals surface area contributed by atoms with Crippen LogP contribution in [0, 0.1) is 6.92 Å². The van der Waals surface area contributed by atoms with Crippen LogP contribution < -0.4 is 11.1 Å². The summed E-state index contributed by atoms with van der Waals surface area (Å²) in [5.74, 6) is -0.408. The maximum absolute atomic E-state index is 12.4. The third kappa shape index (κ3) is 1.85. The molecule has 0 bridgehead atoms. The topological polar surface area (TPSA) is 119 Å².